The molecule has 1 N–H and O–H groups in total. The second kappa shape index (κ2) is 6.05. The van der Waals surface area contributed by atoms with Crippen molar-refractivity contribution in [1.82, 2.24) is 9.78 Å². The molecule has 1 aromatic carbocycles. The number of nitrogens with one attached hydrogen (secondary N) is 1. The molecule has 1 aromatic heterocycles. The predicted molar refractivity (Wildman–Crippen MR) is 78.7 cm³/mol. The lowest BCUT2D eigenvalue weighted by molar-refractivity contribution is 0.659. The van der Waals surface area contributed by atoms with Crippen LogP contribution in [0.15, 0.2) is 41.1 Å². The molecule has 0 saturated carbocycles. The van der Waals surface area contributed by atoms with E-state index in [0.29, 0.717) is 6.04 Å². The highest BCUT2D eigenvalue weighted by molar-refractivity contribution is 9.10. The van der Waals surface area contributed by atoms with Gasteiger partial charge >= 0.3 is 0 Å². The molecule has 2 rings (SSSR count). The first kappa shape index (κ1) is 13.1. The van der Waals surface area contributed by atoms with Crippen LogP contribution in [0.25, 0.3) is 0 Å². The summed E-state index contributed by atoms with van der Waals surface area (Å²) in [7, 11) is 0. The summed E-state index contributed by atoms with van der Waals surface area (Å²) < 4.78 is 3.04. The SMILES string of the molecule is CCC(Nc1cnn(CC)c1)c1cccc(Br)c1. The van der Waals surface area contributed by atoms with E-state index in [4.69, 9.17) is 0 Å². The van der Waals surface area contributed by atoms with Crippen LogP contribution in [0.4, 0.5) is 5.69 Å². The van der Waals surface area contributed by atoms with Gasteiger partial charge in [0.05, 0.1) is 17.9 Å². The summed E-state index contributed by atoms with van der Waals surface area (Å²) in [5.74, 6) is 0. The third kappa shape index (κ3) is 3.13. The average molecular weight is 308 g/mol. The summed E-state index contributed by atoms with van der Waals surface area (Å²) >= 11 is 3.52. The largest absolute Gasteiger partial charge is 0.376 e. The topological polar surface area (TPSA) is 29.9 Å². The molecule has 0 aliphatic heterocycles. The van der Waals surface area contributed by atoms with Gasteiger partial charge in [0.25, 0.3) is 0 Å². The van der Waals surface area contributed by atoms with Gasteiger partial charge in [0, 0.05) is 17.2 Å². The van der Waals surface area contributed by atoms with Gasteiger partial charge in [-0.3, -0.25) is 4.68 Å². The van der Waals surface area contributed by atoms with E-state index in [0.717, 1.165) is 23.1 Å². The summed E-state index contributed by atoms with van der Waals surface area (Å²) in [6, 6.07) is 8.74. The number of nitrogens with zero attached hydrogens (tertiary/aromatic N) is 2. The second-order valence-corrected chi connectivity index (χ2v) is 5.16. The highest BCUT2D eigenvalue weighted by Gasteiger charge is 2.10. The van der Waals surface area contributed by atoms with Gasteiger partial charge in [-0.25, -0.2) is 0 Å². The highest BCUT2D eigenvalue weighted by atomic mass is 79.9. The van der Waals surface area contributed by atoms with Gasteiger partial charge in [-0.15, -0.1) is 0 Å². The van der Waals surface area contributed by atoms with Gasteiger partial charge < -0.3 is 5.32 Å². The van der Waals surface area contributed by atoms with Gasteiger partial charge in [0.2, 0.25) is 0 Å². The van der Waals surface area contributed by atoms with Gasteiger partial charge in [-0.1, -0.05) is 35.0 Å². The molecule has 0 saturated heterocycles. The molecule has 3 nitrogen and oxygen atoms in total. The van der Waals surface area contributed by atoms with Crippen LogP contribution in [0.1, 0.15) is 31.9 Å². The molecule has 0 amide bonds. The Morgan fingerprint density at radius 1 is 1.39 bits per heavy atom. The second-order valence-electron chi connectivity index (χ2n) is 4.24. The Hall–Kier alpha value is -1.29. The van der Waals surface area contributed by atoms with Crippen molar-refractivity contribution in [2.24, 2.45) is 0 Å². The molecule has 0 fully saturated rings. The molecule has 1 unspecified atom stereocenters. The van der Waals surface area contributed by atoms with Crippen molar-refractivity contribution in [2.75, 3.05) is 5.32 Å². The molecule has 4 heteroatoms. The molecule has 18 heavy (non-hydrogen) atoms. The summed E-state index contributed by atoms with van der Waals surface area (Å²) in [5, 5.41) is 7.80. The Labute approximate surface area is 116 Å². The number of benzene rings is 1. The maximum atomic E-state index is 4.28. The Balaban J connectivity index is 2.14. The number of hydrogen-bond donors (Lipinski definition) is 1. The van der Waals surface area contributed by atoms with E-state index >= 15 is 0 Å². The standard InChI is InChI=1S/C14H18BrN3/c1-3-14(11-6-5-7-12(15)8-11)17-13-9-16-18(4-2)10-13/h5-10,14,17H,3-4H2,1-2H3. The number of hydrogen-bond acceptors (Lipinski definition) is 2. The zero-order valence-corrected chi connectivity index (χ0v) is 12.3. The normalized spacial score (nSPS) is 12.4. The minimum absolute atomic E-state index is 0.317. The van der Waals surface area contributed by atoms with E-state index in [1.54, 1.807) is 0 Å². The number of anilines is 1. The molecule has 0 bridgehead atoms. The lowest BCUT2D eigenvalue weighted by Gasteiger charge is -2.17. The van der Waals surface area contributed by atoms with Gasteiger partial charge in [-0.2, -0.15) is 5.10 Å². The zero-order chi connectivity index (χ0) is 13.0. The third-order valence-corrected chi connectivity index (χ3v) is 3.45. The fourth-order valence-electron chi connectivity index (χ4n) is 1.96. The van der Waals surface area contributed by atoms with E-state index < -0.39 is 0 Å². The number of aryl methyl sites for hydroxylation is 1. The molecule has 2 aromatic rings. The first-order chi connectivity index (χ1) is 8.72. The zero-order valence-electron chi connectivity index (χ0n) is 10.7. The minimum atomic E-state index is 0.317. The van der Waals surface area contributed by atoms with E-state index in [2.05, 4.69) is 58.4 Å². The van der Waals surface area contributed by atoms with Gasteiger partial charge in [-0.05, 0) is 31.0 Å². The molecule has 0 aliphatic carbocycles. The molecule has 1 heterocycles. The quantitative estimate of drug-likeness (QED) is 0.896. The van der Waals surface area contributed by atoms with Crippen molar-refractivity contribution in [1.29, 1.82) is 0 Å². The van der Waals surface area contributed by atoms with Crippen LogP contribution in [0.3, 0.4) is 0 Å². The average Bonchev–Trinajstić information content (AvgIpc) is 2.83. The van der Waals surface area contributed by atoms with Crippen molar-refractivity contribution in [3.63, 3.8) is 0 Å². The Morgan fingerprint density at radius 2 is 2.22 bits per heavy atom. The molecule has 0 spiro atoms. The molecule has 96 valence electrons. The molecule has 0 radical (unpaired) electrons. The molecule has 0 aliphatic rings. The first-order valence-electron chi connectivity index (χ1n) is 6.27. The molecule has 1 atom stereocenters. The van der Waals surface area contributed by atoms with Crippen LogP contribution in [-0.4, -0.2) is 9.78 Å². The summed E-state index contributed by atoms with van der Waals surface area (Å²) in [6.45, 7) is 5.17. The lowest BCUT2D eigenvalue weighted by atomic mass is 10.0. The maximum absolute atomic E-state index is 4.28. The van der Waals surface area contributed by atoms with Crippen molar-refractivity contribution >= 4 is 21.6 Å². The fraction of sp³-hybridized carbons (Fsp3) is 0.357. The lowest BCUT2D eigenvalue weighted by Crippen LogP contribution is -2.09. The summed E-state index contributed by atoms with van der Waals surface area (Å²) in [5.41, 5.74) is 2.36. The van der Waals surface area contributed by atoms with Crippen molar-refractivity contribution in [3.8, 4) is 0 Å². The first-order valence-corrected chi connectivity index (χ1v) is 7.06. The van der Waals surface area contributed by atoms with Crippen LogP contribution in [0, 0.1) is 0 Å². The van der Waals surface area contributed by atoms with Crippen molar-refractivity contribution < 1.29 is 0 Å². The van der Waals surface area contributed by atoms with E-state index in [9.17, 15) is 0 Å². The van der Waals surface area contributed by atoms with Crippen LogP contribution in [0.2, 0.25) is 0 Å². The highest BCUT2D eigenvalue weighted by Crippen LogP contribution is 2.24. The van der Waals surface area contributed by atoms with Crippen LogP contribution < -0.4 is 5.32 Å². The molecular weight excluding hydrogens is 290 g/mol. The summed E-state index contributed by atoms with van der Waals surface area (Å²) in [4.78, 5) is 0. The van der Waals surface area contributed by atoms with Crippen LogP contribution in [0.5, 0.6) is 0 Å². The number of halogens is 1. The van der Waals surface area contributed by atoms with Gasteiger partial charge in [0.1, 0.15) is 0 Å². The van der Waals surface area contributed by atoms with Crippen molar-refractivity contribution in [3.05, 3.63) is 46.7 Å². The minimum Gasteiger partial charge on any atom is -0.376 e. The van der Waals surface area contributed by atoms with E-state index in [1.807, 2.05) is 23.1 Å². The number of aromatic nitrogens is 2. The van der Waals surface area contributed by atoms with Gasteiger partial charge in [0.15, 0.2) is 0 Å². The van der Waals surface area contributed by atoms with Crippen molar-refractivity contribution in [2.45, 2.75) is 32.9 Å². The number of rotatable bonds is 5. The van der Waals surface area contributed by atoms with E-state index in [-0.39, 0.29) is 0 Å². The maximum Gasteiger partial charge on any atom is 0.0731 e. The third-order valence-electron chi connectivity index (χ3n) is 2.96. The fourth-order valence-corrected chi connectivity index (χ4v) is 2.37. The Morgan fingerprint density at radius 3 is 2.83 bits per heavy atom. The summed E-state index contributed by atoms with van der Waals surface area (Å²) in [6.07, 6.45) is 4.96. The van der Waals surface area contributed by atoms with Crippen LogP contribution >= 0.6 is 15.9 Å². The monoisotopic (exact) mass is 307 g/mol. The smallest absolute Gasteiger partial charge is 0.0731 e. The Bertz CT molecular complexity index is 507. The van der Waals surface area contributed by atoms with E-state index in [1.165, 1.54) is 5.56 Å². The predicted octanol–water partition coefficient (Wildman–Crippen LogP) is 4.23. The molecular formula is C14H18BrN3. The van der Waals surface area contributed by atoms with Crippen LogP contribution in [-0.2, 0) is 6.54 Å². The Kier molecular flexibility index (Phi) is 4.42.